The van der Waals surface area contributed by atoms with Gasteiger partial charge in [0.15, 0.2) is 11.6 Å². The molecule has 5 nitrogen and oxygen atoms in total. The normalized spacial score (nSPS) is 11.0. The smallest absolute Gasteiger partial charge is 0.275 e. The van der Waals surface area contributed by atoms with E-state index >= 15 is 0 Å². The van der Waals surface area contributed by atoms with Gasteiger partial charge in [-0.05, 0) is 35.7 Å². The van der Waals surface area contributed by atoms with E-state index in [0.29, 0.717) is 28.6 Å². The van der Waals surface area contributed by atoms with Gasteiger partial charge in [0.05, 0.1) is 17.6 Å². The van der Waals surface area contributed by atoms with E-state index in [-0.39, 0.29) is 12.5 Å². The van der Waals surface area contributed by atoms with E-state index in [1.807, 2.05) is 17.5 Å². The van der Waals surface area contributed by atoms with Crippen LogP contribution in [0, 0.1) is 11.6 Å². The Bertz CT molecular complexity index is 1290. The van der Waals surface area contributed by atoms with Gasteiger partial charge in [-0.2, -0.15) is 5.10 Å². The van der Waals surface area contributed by atoms with Crippen LogP contribution < -0.4 is 5.56 Å². The lowest BCUT2D eigenvalue weighted by atomic mass is 10.0. The maximum absolute atomic E-state index is 13.8. The van der Waals surface area contributed by atoms with Crippen molar-refractivity contribution in [3.05, 3.63) is 86.8 Å². The second-order valence-corrected chi connectivity index (χ2v) is 7.85. The predicted octanol–water partition coefficient (Wildman–Crippen LogP) is 4.06. The quantitative estimate of drug-likeness (QED) is 0.485. The standard InChI is InChI=1S/C22H17F2N3O2S/c1-26(12-15-5-4-10-30-15)20(28)13-27-22(29)17-7-3-2-6-16(17)21(25-27)14-8-9-18(23)19(24)11-14/h2-11H,12-13H2,1H3. The molecule has 0 saturated carbocycles. The highest BCUT2D eigenvalue weighted by Gasteiger charge is 2.17. The maximum atomic E-state index is 13.8. The fourth-order valence-corrected chi connectivity index (χ4v) is 3.93. The lowest BCUT2D eigenvalue weighted by Gasteiger charge is -2.17. The molecule has 2 aromatic heterocycles. The molecule has 4 aromatic rings. The second-order valence-electron chi connectivity index (χ2n) is 6.82. The fourth-order valence-electron chi connectivity index (χ4n) is 3.17. The van der Waals surface area contributed by atoms with Gasteiger partial charge in [0.25, 0.3) is 5.56 Å². The monoisotopic (exact) mass is 425 g/mol. The molecule has 0 bridgehead atoms. The summed E-state index contributed by atoms with van der Waals surface area (Å²) in [6.45, 7) is 0.164. The summed E-state index contributed by atoms with van der Waals surface area (Å²) < 4.78 is 28.3. The zero-order valence-corrected chi connectivity index (χ0v) is 16.8. The summed E-state index contributed by atoms with van der Waals surface area (Å²) in [4.78, 5) is 28.1. The Labute approximate surface area is 174 Å². The SMILES string of the molecule is CN(Cc1cccs1)C(=O)Cn1nc(-c2ccc(F)c(F)c2)c2ccccc2c1=O. The summed E-state index contributed by atoms with van der Waals surface area (Å²) in [6, 6.07) is 14.0. The van der Waals surface area contributed by atoms with Crippen molar-refractivity contribution in [2.24, 2.45) is 0 Å². The number of carbonyl (C=O) groups excluding carboxylic acids is 1. The van der Waals surface area contributed by atoms with E-state index in [1.165, 1.54) is 22.3 Å². The number of halogens is 2. The second kappa shape index (κ2) is 8.16. The van der Waals surface area contributed by atoms with Crippen molar-refractivity contribution in [3.8, 4) is 11.3 Å². The minimum absolute atomic E-state index is 0.262. The largest absolute Gasteiger partial charge is 0.339 e. The Morgan fingerprint density at radius 3 is 2.53 bits per heavy atom. The highest BCUT2D eigenvalue weighted by Crippen LogP contribution is 2.26. The van der Waals surface area contributed by atoms with E-state index in [4.69, 9.17) is 0 Å². The highest BCUT2D eigenvalue weighted by atomic mass is 32.1. The topological polar surface area (TPSA) is 55.2 Å². The first-order valence-electron chi connectivity index (χ1n) is 9.15. The third kappa shape index (κ3) is 3.86. The van der Waals surface area contributed by atoms with Crippen LogP contribution in [-0.2, 0) is 17.9 Å². The third-order valence-electron chi connectivity index (χ3n) is 4.74. The summed E-state index contributed by atoms with van der Waals surface area (Å²) in [5.74, 6) is -2.27. The minimum atomic E-state index is -1.01. The molecular weight excluding hydrogens is 408 g/mol. The first-order chi connectivity index (χ1) is 14.4. The molecule has 0 saturated heterocycles. The van der Waals surface area contributed by atoms with Gasteiger partial charge in [-0.15, -0.1) is 11.3 Å². The lowest BCUT2D eigenvalue weighted by molar-refractivity contribution is -0.131. The fraction of sp³-hybridized carbons (Fsp3) is 0.136. The average molecular weight is 425 g/mol. The van der Waals surface area contributed by atoms with Crippen LogP contribution in [-0.4, -0.2) is 27.6 Å². The number of hydrogen-bond donors (Lipinski definition) is 0. The minimum Gasteiger partial charge on any atom is -0.339 e. The Kier molecular flexibility index (Phi) is 5.41. The molecule has 30 heavy (non-hydrogen) atoms. The summed E-state index contributed by atoms with van der Waals surface area (Å²) in [5.41, 5.74) is 0.200. The molecule has 0 aliphatic carbocycles. The average Bonchev–Trinajstić information content (AvgIpc) is 3.25. The molecule has 8 heteroatoms. The van der Waals surface area contributed by atoms with Crippen LogP contribution in [0.4, 0.5) is 8.78 Å². The molecule has 1 amide bonds. The number of rotatable bonds is 5. The molecule has 152 valence electrons. The first-order valence-corrected chi connectivity index (χ1v) is 10.0. The van der Waals surface area contributed by atoms with Crippen LogP contribution in [0.15, 0.2) is 64.8 Å². The molecule has 0 atom stereocenters. The Morgan fingerprint density at radius 1 is 1.07 bits per heavy atom. The highest BCUT2D eigenvalue weighted by molar-refractivity contribution is 7.09. The third-order valence-corrected chi connectivity index (χ3v) is 5.61. The van der Waals surface area contributed by atoms with Crippen molar-refractivity contribution in [3.63, 3.8) is 0 Å². The van der Waals surface area contributed by atoms with Crippen LogP contribution in [0.5, 0.6) is 0 Å². The summed E-state index contributed by atoms with van der Waals surface area (Å²) in [6.07, 6.45) is 0. The lowest BCUT2D eigenvalue weighted by Crippen LogP contribution is -2.35. The van der Waals surface area contributed by atoms with Crippen molar-refractivity contribution >= 4 is 28.0 Å². The van der Waals surface area contributed by atoms with Crippen LogP contribution in [0.25, 0.3) is 22.0 Å². The molecule has 2 heterocycles. The molecular formula is C22H17F2N3O2S. The predicted molar refractivity (Wildman–Crippen MR) is 112 cm³/mol. The molecule has 0 aliphatic heterocycles. The zero-order valence-electron chi connectivity index (χ0n) is 16.0. The van der Waals surface area contributed by atoms with Gasteiger partial charge >= 0.3 is 0 Å². The summed E-state index contributed by atoms with van der Waals surface area (Å²) >= 11 is 1.54. The van der Waals surface area contributed by atoms with E-state index in [2.05, 4.69) is 5.10 Å². The van der Waals surface area contributed by atoms with Crippen molar-refractivity contribution < 1.29 is 13.6 Å². The van der Waals surface area contributed by atoms with Gasteiger partial charge in [0, 0.05) is 22.9 Å². The number of fused-ring (bicyclic) bond motifs is 1. The van der Waals surface area contributed by atoms with E-state index < -0.39 is 17.2 Å². The molecule has 2 aromatic carbocycles. The van der Waals surface area contributed by atoms with Gasteiger partial charge in [-0.1, -0.05) is 24.3 Å². The van der Waals surface area contributed by atoms with Crippen molar-refractivity contribution in [1.29, 1.82) is 0 Å². The van der Waals surface area contributed by atoms with E-state index in [0.717, 1.165) is 21.7 Å². The Hall–Kier alpha value is -3.39. The number of nitrogens with zero attached hydrogens (tertiary/aromatic N) is 3. The maximum Gasteiger partial charge on any atom is 0.275 e. The summed E-state index contributed by atoms with van der Waals surface area (Å²) in [5, 5.41) is 7.11. The first kappa shape index (κ1) is 19.9. The van der Waals surface area contributed by atoms with Crippen molar-refractivity contribution in [2.75, 3.05) is 7.05 Å². The zero-order chi connectivity index (χ0) is 21.3. The van der Waals surface area contributed by atoms with E-state index in [1.54, 1.807) is 31.3 Å². The molecule has 0 aliphatic rings. The number of benzene rings is 2. The molecule has 0 fully saturated rings. The Morgan fingerprint density at radius 2 is 1.83 bits per heavy atom. The number of likely N-dealkylation sites (N-methyl/N-ethyl adjacent to an activating group) is 1. The van der Waals surface area contributed by atoms with Crippen LogP contribution in [0.2, 0.25) is 0 Å². The number of aromatic nitrogens is 2. The molecule has 0 N–H and O–H groups in total. The van der Waals surface area contributed by atoms with Gasteiger partial charge in [-0.25, -0.2) is 13.5 Å². The van der Waals surface area contributed by atoms with E-state index in [9.17, 15) is 18.4 Å². The van der Waals surface area contributed by atoms with Crippen molar-refractivity contribution in [2.45, 2.75) is 13.1 Å². The molecule has 4 rings (SSSR count). The number of thiophene rings is 1. The summed E-state index contributed by atoms with van der Waals surface area (Å²) in [7, 11) is 1.66. The molecule has 0 unspecified atom stereocenters. The van der Waals surface area contributed by atoms with Crippen LogP contribution in [0.1, 0.15) is 4.88 Å². The molecule has 0 spiro atoms. The van der Waals surface area contributed by atoms with Gasteiger partial charge in [0.1, 0.15) is 6.54 Å². The van der Waals surface area contributed by atoms with Crippen LogP contribution >= 0.6 is 11.3 Å². The number of hydrogen-bond acceptors (Lipinski definition) is 4. The van der Waals surface area contributed by atoms with Gasteiger partial charge in [-0.3, -0.25) is 9.59 Å². The van der Waals surface area contributed by atoms with Crippen molar-refractivity contribution in [1.82, 2.24) is 14.7 Å². The Balaban J connectivity index is 1.75. The number of carbonyl (C=O) groups is 1. The number of amides is 1. The van der Waals surface area contributed by atoms with Crippen LogP contribution in [0.3, 0.4) is 0 Å². The molecule has 0 radical (unpaired) electrons. The van der Waals surface area contributed by atoms with Gasteiger partial charge < -0.3 is 4.90 Å². The van der Waals surface area contributed by atoms with Gasteiger partial charge in [0.2, 0.25) is 5.91 Å².